The van der Waals surface area contributed by atoms with Crippen molar-refractivity contribution in [1.29, 1.82) is 0 Å². The van der Waals surface area contributed by atoms with Gasteiger partial charge in [-0.1, -0.05) is 76.5 Å². The molecule has 3 fully saturated rings. The SMILES string of the molecule is CC(C)CC(CN)COC1C=CC2C3Cc4ccc(CO)c5c4C2(CCN3C)C1O5.CCC(=O)C1(c2cccc(OCC3(CN)CCCCC3)c2)CCN(C)CC1. The molecule has 0 amide bonds. The van der Waals surface area contributed by atoms with Crippen molar-refractivity contribution in [2.24, 2.45) is 34.6 Å². The number of likely N-dealkylation sites (N-methyl/N-ethyl adjacent to an activating group) is 1. The Morgan fingerprint density at radius 1 is 1.00 bits per heavy atom. The molecular formula is C48H72N4O5. The molecule has 0 aromatic heterocycles. The largest absolute Gasteiger partial charge is 0.493 e. The second-order valence-electron chi connectivity index (χ2n) is 19.0. The number of ketones is 1. The molecular weight excluding hydrogens is 713 g/mol. The van der Waals surface area contributed by atoms with Crippen molar-refractivity contribution in [2.45, 2.75) is 127 Å². The van der Waals surface area contributed by atoms with Crippen LogP contribution in [0.1, 0.15) is 107 Å². The minimum absolute atomic E-state index is 0.0159. The van der Waals surface area contributed by atoms with Crippen LogP contribution in [0.3, 0.4) is 0 Å². The molecule has 2 aromatic rings. The molecule has 6 unspecified atom stereocenters. The van der Waals surface area contributed by atoms with Crippen molar-refractivity contribution >= 4 is 5.78 Å². The number of Topliss-reactive ketones (excluding diaryl/α,β-unsaturated/α-hetero) is 1. The number of nitrogens with zero attached hydrogens (tertiary/aromatic N) is 2. The van der Waals surface area contributed by atoms with E-state index in [-0.39, 0.29) is 35.1 Å². The van der Waals surface area contributed by atoms with Crippen molar-refractivity contribution in [3.05, 3.63) is 70.8 Å². The number of aliphatic hydroxyl groups is 1. The van der Waals surface area contributed by atoms with Gasteiger partial charge in [-0.25, -0.2) is 0 Å². The van der Waals surface area contributed by atoms with E-state index in [1.165, 1.54) is 30.4 Å². The number of likely N-dealkylation sites (tertiary alicyclic amines) is 2. The Kier molecular flexibility index (Phi) is 13.2. The van der Waals surface area contributed by atoms with Gasteiger partial charge in [-0.3, -0.25) is 4.79 Å². The summed E-state index contributed by atoms with van der Waals surface area (Å²) in [6.07, 6.45) is 16.3. The molecule has 5 N–H and O–H groups in total. The lowest BCUT2D eigenvalue weighted by Crippen LogP contribution is -2.65. The number of ether oxygens (including phenoxy) is 3. The molecule has 1 spiro atoms. The summed E-state index contributed by atoms with van der Waals surface area (Å²) in [6, 6.07) is 13.1. The third-order valence-electron chi connectivity index (χ3n) is 15.0. The molecule has 6 atom stereocenters. The lowest BCUT2D eigenvalue weighted by molar-refractivity contribution is -0.126. The fraction of sp³-hybridized carbons (Fsp3) is 0.688. The first-order chi connectivity index (χ1) is 27.5. The fourth-order valence-corrected chi connectivity index (χ4v) is 11.6. The second kappa shape index (κ2) is 17.8. The van der Waals surface area contributed by atoms with Crippen LogP contribution < -0.4 is 20.9 Å². The summed E-state index contributed by atoms with van der Waals surface area (Å²) < 4.78 is 19.5. The lowest BCUT2D eigenvalue weighted by atomic mass is 9.53. The molecule has 1 saturated carbocycles. The maximum absolute atomic E-state index is 12.9. The first-order valence-electron chi connectivity index (χ1n) is 22.3. The van der Waals surface area contributed by atoms with Gasteiger partial charge in [0.05, 0.1) is 25.2 Å². The average molecular weight is 785 g/mol. The Labute approximate surface area is 342 Å². The number of hydrogen-bond donors (Lipinski definition) is 3. The summed E-state index contributed by atoms with van der Waals surface area (Å²) in [4.78, 5) is 17.8. The van der Waals surface area contributed by atoms with Crippen LogP contribution in [0.2, 0.25) is 0 Å². The normalized spacial score (nSPS) is 28.9. The van der Waals surface area contributed by atoms with Crippen LogP contribution in [-0.2, 0) is 33.4 Å². The molecule has 314 valence electrons. The fourth-order valence-electron chi connectivity index (χ4n) is 11.6. The van der Waals surface area contributed by atoms with E-state index in [1.54, 1.807) is 0 Å². The Balaban J connectivity index is 0.000000175. The number of piperidine rings is 2. The van der Waals surface area contributed by atoms with E-state index in [2.05, 4.69) is 74.2 Å². The topological polar surface area (TPSA) is 124 Å². The van der Waals surface area contributed by atoms with Crippen LogP contribution in [-0.4, -0.2) is 99.0 Å². The maximum Gasteiger partial charge on any atom is 0.143 e. The van der Waals surface area contributed by atoms with Gasteiger partial charge in [0.2, 0.25) is 0 Å². The zero-order valence-corrected chi connectivity index (χ0v) is 35.6. The highest BCUT2D eigenvalue weighted by Gasteiger charge is 2.64. The van der Waals surface area contributed by atoms with E-state index in [1.807, 2.05) is 19.1 Å². The summed E-state index contributed by atoms with van der Waals surface area (Å²) in [5.74, 6) is 3.60. The van der Waals surface area contributed by atoms with Gasteiger partial charge in [-0.2, -0.15) is 0 Å². The Bertz CT molecular complexity index is 1710. The zero-order valence-electron chi connectivity index (χ0n) is 35.6. The monoisotopic (exact) mass is 785 g/mol. The van der Waals surface area contributed by atoms with Crippen LogP contribution in [0.5, 0.6) is 11.5 Å². The predicted molar refractivity (Wildman–Crippen MR) is 228 cm³/mol. The van der Waals surface area contributed by atoms with Crippen LogP contribution in [0.4, 0.5) is 0 Å². The minimum Gasteiger partial charge on any atom is -0.493 e. The quantitative estimate of drug-likeness (QED) is 0.183. The highest BCUT2D eigenvalue weighted by molar-refractivity contribution is 5.90. The van der Waals surface area contributed by atoms with Crippen molar-refractivity contribution < 1.29 is 24.1 Å². The van der Waals surface area contributed by atoms with Gasteiger partial charge in [0, 0.05) is 46.9 Å². The highest BCUT2D eigenvalue weighted by Crippen LogP contribution is 2.61. The molecule has 3 aliphatic heterocycles. The summed E-state index contributed by atoms with van der Waals surface area (Å²) in [5, 5.41) is 9.98. The molecule has 2 saturated heterocycles. The molecule has 57 heavy (non-hydrogen) atoms. The van der Waals surface area contributed by atoms with Crippen LogP contribution in [0.25, 0.3) is 0 Å². The number of carbonyl (C=O) groups excluding carboxylic acids is 1. The predicted octanol–water partition coefficient (Wildman–Crippen LogP) is 6.55. The number of rotatable bonds is 14. The summed E-state index contributed by atoms with van der Waals surface area (Å²) in [7, 11) is 4.39. The number of hydrogen-bond acceptors (Lipinski definition) is 9. The zero-order chi connectivity index (χ0) is 40.4. The molecule has 8 rings (SSSR count). The lowest BCUT2D eigenvalue weighted by Gasteiger charge is -2.57. The molecule has 0 radical (unpaired) electrons. The molecule has 6 aliphatic rings. The van der Waals surface area contributed by atoms with Crippen molar-refractivity contribution in [2.75, 3.05) is 60.0 Å². The number of carbonyl (C=O) groups is 1. The molecule has 2 bridgehead atoms. The molecule has 9 heteroatoms. The van der Waals surface area contributed by atoms with Crippen molar-refractivity contribution in [3.8, 4) is 11.5 Å². The van der Waals surface area contributed by atoms with Crippen LogP contribution in [0.15, 0.2) is 48.6 Å². The Morgan fingerprint density at radius 3 is 2.46 bits per heavy atom. The maximum atomic E-state index is 12.9. The van der Waals surface area contributed by atoms with Crippen LogP contribution >= 0.6 is 0 Å². The standard InChI is InChI=1S/C25H36N2O3.C23H36N2O2/c1-15(2)10-16(12-26)14-29-21-7-6-19-20-11-17-4-5-18(13-28)23-22(17)25(19,24(21)30-23)8-9-27(20)3;1-3-21(26)23(12-14-25(2)15-13-23)19-8-7-9-20(16-19)27-18-22(17-24)10-5-4-6-11-22/h4-7,15-16,19-21,24,28H,8-14,26H2,1-3H3;7-9,16H,3-6,10-15,17-18,24H2,1-2H3. The molecule has 2 aromatic carbocycles. The van der Waals surface area contributed by atoms with E-state index < -0.39 is 0 Å². The van der Waals surface area contributed by atoms with Crippen LogP contribution in [0, 0.1) is 23.2 Å². The van der Waals surface area contributed by atoms with Crippen molar-refractivity contribution in [1.82, 2.24) is 9.80 Å². The number of benzene rings is 2. The van der Waals surface area contributed by atoms with E-state index in [9.17, 15) is 9.90 Å². The third-order valence-corrected chi connectivity index (χ3v) is 15.0. The van der Waals surface area contributed by atoms with Gasteiger partial charge >= 0.3 is 0 Å². The molecule has 3 heterocycles. The van der Waals surface area contributed by atoms with Gasteiger partial charge in [-0.15, -0.1) is 0 Å². The van der Waals surface area contributed by atoms with Gasteiger partial charge in [0.25, 0.3) is 0 Å². The smallest absolute Gasteiger partial charge is 0.143 e. The molecule has 9 nitrogen and oxygen atoms in total. The van der Waals surface area contributed by atoms with Gasteiger partial charge in [-0.05, 0) is 120 Å². The number of aliphatic hydroxyl groups excluding tert-OH is 1. The van der Waals surface area contributed by atoms with Crippen molar-refractivity contribution in [3.63, 3.8) is 0 Å². The average Bonchev–Trinajstić information content (AvgIpc) is 3.59. The number of nitrogens with two attached hydrogens (primary N) is 2. The Hall–Kier alpha value is -2.79. The first-order valence-corrected chi connectivity index (χ1v) is 22.3. The van der Waals surface area contributed by atoms with Gasteiger partial charge < -0.3 is 40.6 Å². The van der Waals surface area contributed by atoms with E-state index in [0.29, 0.717) is 62.3 Å². The van der Waals surface area contributed by atoms with Gasteiger partial charge in [0.1, 0.15) is 29.5 Å². The third kappa shape index (κ3) is 8.11. The van der Waals surface area contributed by atoms with E-state index in [0.717, 1.165) is 87.2 Å². The first kappa shape index (κ1) is 42.3. The van der Waals surface area contributed by atoms with E-state index in [4.69, 9.17) is 25.7 Å². The summed E-state index contributed by atoms with van der Waals surface area (Å²) in [6.45, 7) is 12.2. The second-order valence-corrected chi connectivity index (χ2v) is 19.0. The summed E-state index contributed by atoms with van der Waals surface area (Å²) >= 11 is 0. The Morgan fingerprint density at radius 2 is 1.77 bits per heavy atom. The molecule has 3 aliphatic carbocycles. The minimum atomic E-state index is -0.350. The summed E-state index contributed by atoms with van der Waals surface area (Å²) in [5.41, 5.74) is 16.7. The van der Waals surface area contributed by atoms with Gasteiger partial charge in [0.15, 0.2) is 0 Å². The highest BCUT2D eigenvalue weighted by atomic mass is 16.5. The van der Waals surface area contributed by atoms with E-state index >= 15 is 0 Å².